The van der Waals surface area contributed by atoms with E-state index in [-0.39, 0.29) is 10.8 Å². The highest BCUT2D eigenvalue weighted by molar-refractivity contribution is 6.32. The van der Waals surface area contributed by atoms with Gasteiger partial charge in [-0.2, -0.15) is 0 Å². The molecule has 19 heavy (non-hydrogen) atoms. The summed E-state index contributed by atoms with van der Waals surface area (Å²) < 4.78 is 4.56. The van der Waals surface area contributed by atoms with E-state index in [1.807, 2.05) is 32.0 Å². The Labute approximate surface area is 113 Å². The Morgan fingerprint density at radius 1 is 1.11 bits per heavy atom. The third-order valence-corrected chi connectivity index (χ3v) is 3.19. The molecule has 1 N–H and O–H groups in total. The zero-order chi connectivity index (χ0) is 13.4. The Morgan fingerprint density at radius 2 is 1.84 bits per heavy atom. The maximum absolute atomic E-state index is 6.06. The molecule has 6 nitrogen and oxygen atoms in total. The van der Waals surface area contributed by atoms with Gasteiger partial charge in [-0.05, 0) is 41.4 Å². The highest BCUT2D eigenvalue weighted by Gasteiger charge is 2.12. The molecule has 3 rings (SSSR count). The molecule has 2 heterocycles. The molecule has 96 valence electrons. The lowest BCUT2D eigenvalue weighted by Gasteiger charge is -2.10. The van der Waals surface area contributed by atoms with E-state index in [1.54, 1.807) is 0 Å². The minimum atomic E-state index is 0.226. The second kappa shape index (κ2) is 4.47. The van der Waals surface area contributed by atoms with Crippen LogP contribution in [0.5, 0.6) is 0 Å². The fraction of sp³-hybridized carbons (Fsp3) is 0.167. The quantitative estimate of drug-likeness (QED) is 0.775. The average Bonchev–Trinajstić information content (AvgIpc) is 2.82. The van der Waals surface area contributed by atoms with Crippen LogP contribution in [0.3, 0.4) is 0 Å². The van der Waals surface area contributed by atoms with Crippen molar-refractivity contribution in [3.63, 3.8) is 0 Å². The van der Waals surface area contributed by atoms with Gasteiger partial charge < -0.3 is 5.32 Å². The van der Waals surface area contributed by atoms with Crippen molar-refractivity contribution in [2.24, 2.45) is 0 Å². The zero-order valence-electron chi connectivity index (χ0n) is 10.3. The van der Waals surface area contributed by atoms with E-state index in [4.69, 9.17) is 11.6 Å². The summed E-state index contributed by atoms with van der Waals surface area (Å²) in [4.78, 5) is 8.28. The minimum Gasteiger partial charge on any atom is -0.337 e. The molecular weight excluding hydrogens is 266 g/mol. The fourth-order valence-electron chi connectivity index (χ4n) is 1.71. The molecule has 3 aromatic rings. The third kappa shape index (κ3) is 2.10. The van der Waals surface area contributed by atoms with Crippen LogP contribution in [-0.4, -0.2) is 20.3 Å². The maximum atomic E-state index is 6.06. The SMILES string of the molecule is Cc1cccc(Nc2nc3nonc3nc2Cl)c1C. The maximum Gasteiger partial charge on any atom is 0.245 e. The number of hydrogen-bond donors (Lipinski definition) is 1. The number of hydrogen-bond acceptors (Lipinski definition) is 6. The van der Waals surface area contributed by atoms with Crippen molar-refractivity contribution in [2.45, 2.75) is 13.8 Å². The van der Waals surface area contributed by atoms with Gasteiger partial charge in [-0.25, -0.2) is 14.6 Å². The van der Waals surface area contributed by atoms with Crippen molar-refractivity contribution in [1.29, 1.82) is 0 Å². The summed E-state index contributed by atoms with van der Waals surface area (Å²) in [6, 6.07) is 5.95. The monoisotopic (exact) mass is 275 g/mol. The predicted octanol–water partition coefficient (Wildman–Crippen LogP) is 3.03. The summed E-state index contributed by atoms with van der Waals surface area (Å²) in [5, 5.41) is 10.6. The van der Waals surface area contributed by atoms with Crippen LogP contribution in [0.2, 0.25) is 5.15 Å². The average molecular weight is 276 g/mol. The zero-order valence-corrected chi connectivity index (χ0v) is 11.1. The van der Waals surface area contributed by atoms with Crippen molar-refractivity contribution in [3.05, 3.63) is 34.5 Å². The Hall–Kier alpha value is -2.21. The number of nitrogens with zero attached hydrogens (tertiary/aromatic N) is 4. The normalized spacial score (nSPS) is 10.9. The molecule has 0 aliphatic carbocycles. The summed E-state index contributed by atoms with van der Waals surface area (Å²) in [7, 11) is 0. The highest BCUT2D eigenvalue weighted by Crippen LogP contribution is 2.26. The van der Waals surface area contributed by atoms with Gasteiger partial charge in [-0.3, -0.25) is 0 Å². The summed E-state index contributed by atoms with van der Waals surface area (Å²) in [6.45, 7) is 4.06. The van der Waals surface area contributed by atoms with Gasteiger partial charge in [0, 0.05) is 5.69 Å². The molecule has 0 aliphatic rings. The molecule has 0 bridgehead atoms. The molecule has 0 radical (unpaired) electrons. The fourth-order valence-corrected chi connectivity index (χ4v) is 1.88. The van der Waals surface area contributed by atoms with Crippen LogP contribution in [0.4, 0.5) is 11.5 Å². The van der Waals surface area contributed by atoms with E-state index in [2.05, 4.69) is 30.2 Å². The van der Waals surface area contributed by atoms with Gasteiger partial charge >= 0.3 is 0 Å². The number of benzene rings is 1. The predicted molar refractivity (Wildman–Crippen MR) is 71.6 cm³/mol. The van der Waals surface area contributed by atoms with Crippen LogP contribution in [0, 0.1) is 13.8 Å². The summed E-state index contributed by atoms with van der Waals surface area (Å²) in [6.07, 6.45) is 0. The van der Waals surface area contributed by atoms with E-state index >= 15 is 0 Å². The van der Waals surface area contributed by atoms with Gasteiger partial charge in [0.25, 0.3) is 0 Å². The third-order valence-electron chi connectivity index (χ3n) is 2.93. The minimum absolute atomic E-state index is 0.226. The topological polar surface area (TPSA) is 76.7 Å². The Morgan fingerprint density at radius 3 is 2.63 bits per heavy atom. The molecule has 0 unspecified atom stereocenters. The first-order chi connectivity index (χ1) is 9.15. The summed E-state index contributed by atoms with van der Waals surface area (Å²) in [5.41, 5.74) is 3.83. The molecule has 0 saturated carbocycles. The van der Waals surface area contributed by atoms with Crippen LogP contribution in [0.25, 0.3) is 11.3 Å². The standard InChI is InChI=1S/C12H10ClN5O/c1-6-4-3-5-8(7(6)2)14-10-9(13)15-11-12(16-10)18-19-17-11/h3-5H,1-2H3,(H,14,16,18). The van der Waals surface area contributed by atoms with Crippen LogP contribution < -0.4 is 5.32 Å². The Balaban J connectivity index is 2.05. The molecule has 0 amide bonds. The Kier molecular flexibility index (Phi) is 2.79. The molecular formula is C12H10ClN5O. The molecule has 0 atom stereocenters. The second-order valence-electron chi connectivity index (χ2n) is 4.15. The highest BCUT2D eigenvalue weighted by atomic mass is 35.5. The smallest absolute Gasteiger partial charge is 0.245 e. The van der Waals surface area contributed by atoms with Gasteiger partial charge in [0.05, 0.1) is 0 Å². The molecule has 0 aliphatic heterocycles. The number of anilines is 2. The van der Waals surface area contributed by atoms with Crippen molar-refractivity contribution >= 4 is 34.4 Å². The lowest BCUT2D eigenvalue weighted by Crippen LogP contribution is -1.99. The van der Waals surface area contributed by atoms with Gasteiger partial charge in [0.15, 0.2) is 11.0 Å². The number of nitrogens with one attached hydrogen (secondary N) is 1. The van der Waals surface area contributed by atoms with Crippen molar-refractivity contribution in [3.8, 4) is 0 Å². The molecule has 0 fully saturated rings. The van der Waals surface area contributed by atoms with Gasteiger partial charge in [0.2, 0.25) is 11.3 Å². The number of fused-ring (bicyclic) bond motifs is 1. The number of halogens is 1. The van der Waals surface area contributed by atoms with Crippen molar-refractivity contribution < 1.29 is 4.63 Å². The first kappa shape index (κ1) is 11.9. The van der Waals surface area contributed by atoms with Gasteiger partial charge in [0.1, 0.15) is 0 Å². The lowest BCUT2D eigenvalue weighted by molar-refractivity contribution is 0.314. The first-order valence-electron chi connectivity index (χ1n) is 5.64. The van der Waals surface area contributed by atoms with Crippen molar-refractivity contribution in [1.82, 2.24) is 20.3 Å². The van der Waals surface area contributed by atoms with E-state index in [1.165, 1.54) is 5.56 Å². The molecule has 7 heteroatoms. The molecule has 0 saturated heterocycles. The Bertz CT molecular complexity index is 755. The van der Waals surface area contributed by atoms with E-state index in [9.17, 15) is 0 Å². The van der Waals surface area contributed by atoms with Crippen molar-refractivity contribution in [2.75, 3.05) is 5.32 Å². The summed E-state index contributed by atoms with van der Waals surface area (Å²) >= 11 is 6.06. The van der Waals surface area contributed by atoms with Gasteiger partial charge in [-0.15, -0.1) is 0 Å². The van der Waals surface area contributed by atoms with Crippen LogP contribution in [0.1, 0.15) is 11.1 Å². The van der Waals surface area contributed by atoms with Crippen LogP contribution >= 0.6 is 11.6 Å². The lowest BCUT2D eigenvalue weighted by atomic mass is 10.1. The first-order valence-corrected chi connectivity index (χ1v) is 6.02. The van der Waals surface area contributed by atoms with E-state index in [0.29, 0.717) is 11.5 Å². The second-order valence-corrected chi connectivity index (χ2v) is 4.50. The number of aromatic nitrogens is 4. The molecule has 1 aromatic carbocycles. The number of aryl methyl sites for hydroxylation is 1. The molecule has 0 spiro atoms. The largest absolute Gasteiger partial charge is 0.337 e. The van der Waals surface area contributed by atoms with E-state index < -0.39 is 0 Å². The van der Waals surface area contributed by atoms with E-state index in [0.717, 1.165) is 11.3 Å². The molecule has 2 aromatic heterocycles. The van der Waals surface area contributed by atoms with Crippen LogP contribution in [0.15, 0.2) is 22.8 Å². The number of rotatable bonds is 2. The van der Waals surface area contributed by atoms with Crippen LogP contribution in [-0.2, 0) is 0 Å². The summed E-state index contributed by atoms with van der Waals surface area (Å²) in [5.74, 6) is 0.429. The van der Waals surface area contributed by atoms with Gasteiger partial charge in [-0.1, -0.05) is 23.7 Å².